The fourth-order valence-electron chi connectivity index (χ4n) is 2.19. The molecule has 0 radical (unpaired) electrons. The molecule has 2 heterocycles. The number of hydrogen-bond acceptors (Lipinski definition) is 5. The summed E-state index contributed by atoms with van der Waals surface area (Å²) < 4.78 is 5.39. The molecule has 3 rings (SSSR count). The predicted octanol–water partition coefficient (Wildman–Crippen LogP) is 3.01. The highest BCUT2D eigenvalue weighted by molar-refractivity contribution is 6.32. The Kier molecular flexibility index (Phi) is 3.44. The quantitative estimate of drug-likeness (QED) is 0.626. The van der Waals surface area contributed by atoms with Gasteiger partial charge in [-0.15, -0.1) is 0 Å². The Morgan fingerprint density at radius 3 is 2.90 bits per heavy atom. The minimum atomic E-state index is 0.201. The van der Waals surface area contributed by atoms with E-state index in [-0.39, 0.29) is 5.15 Å². The fourth-order valence-corrected chi connectivity index (χ4v) is 2.44. The van der Waals surface area contributed by atoms with Gasteiger partial charge >= 0.3 is 0 Å². The Labute approximate surface area is 121 Å². The summed E-state index contributed by atoms with van der Waals surface area (Å²) in [4.78, 5) is 21.8. The van der Waals surface area contributed by atoms with Crippen LogP contribution in [0.2, 0.25) is 5.15 Å². The highest BCUT2D eigenvalue weighted by Gasteiger charge is 2.33. The number of aryl methyl sites for hydroxylation is 1. The van der Waals surface area contributed by atoms with Gasteiger partial charge in [-0.1, -0.05) is 11.6 Å². The minimum absolute atomic E-state index is 0.201. The van der Waals surface area contributed by atoms with Gasteiger partial charge in [0.15, 0.2) is 6.29 Å². The van der Waals surface area contributed by atoms with Crippen molar-refractivity contribution >= 4 is 23.7 Å². The number of carbonyl (C=O) groups excluding carboxylic acids is 1. The van der Waals surface area contributed by atoms with E-state index in [2.05, 4.69) is 14.9 Å². The molecule has 0 aliphatic heterocycles. The summed E-state index contributed by atoms with van der Waals surface area (Å²) >= 11 is 6.05. The number of carbonyl (C=O) groups is 1. The molecule has 0 atom stereocenters. The Morgan fingerprint density at radius 1 is 1.50 bits per heavy atom. The Hall–Kier alpha value is -1.88. The molecule has 1 fully saturated rings. The second kappa shape index (κ2) is 5.25. The predicted molar refractivity (Wildman–Crippen MR) is 75.1 cm³/mol. The van der Waals surface area contributed by atoms with Crippen LogP contribution < -0.4 is 4.90 Å². The minimum Gasteiger partial charge on any atom is -0.467 e. The van der Waals surface area contributed by atoms with Gasteiger partial charge in [0.05, 0.1) is 18.4 Å². The molecule has 0 spiro atoms. The van der Waals surface area contributed by atoms with Gasteiger partial charge in [0, 0.05) is 6.04 Å². The van der Waals surface area contributed by atoms with Crippen molar-refractivity contribution in [1.82, 2.24) is 9.97 Å². The monoisotopic (exact) mass is 291 g/mol. The third-order valence-electron chi connectivity index (χ3n) is 3.27. The van der Waals surface area contributed by atoms with Crippen LogP contribution in [0.15, 0.2) is 22.8 Å². The molecule has 2 aromatic heterocycles. The van der Waals surface area contributed by atoms with Crippen molar-refractivity contribution in [2.45, 2.75) is 32.4 Å². The van der Waals surface area contributed by atoms with Gasteiger partial charge in [0.25, 0.3) is 0 Å². The maximum absolute atomic E-state index is 11.3. The summed E-state index contributed by atoms with van der Waals surface area (Å²) in [7, 11) is 0. The topological polar surface area (TPSA) is 59.2 Å². The van der Waals surface area contributed by atoms with Gasteiger partial charge in [0.2, 0.25) is 0 Å². The lowest BCUT2D eigenvalue weighted by atomic mass is 10.2. The number of hydrogen-bond donors (Lipinski definition) is 0. The van der Waals surface area contributed by atoms with Crippen molar-refractivity contribution in [2.24, 2.45) is 0 Å². The first-order chi connectivity index (χ1) is 9.69. The van der Waals surface area contributed by atoms with Crippen LogP contribution in [0.5, 0.6) is 0 Å². The van der Waals surface area contributed by atoms with Crippen LogP contribution in [-0.4, -0.2) is 22.3 Å². The van der Waals surface area contributed by atoms with Crippen LogP contribution in [0, 0.1) is 6.92 Å². The molecular formula is C14H14ClN3O2. The van der Waals surface area contributed by atoms with E-state index in [0.717, 1.165) is 18.6 Å². The van der Waals surface area contributed by atoms with Crippen molar-refractivity contribution in [3.8, 4) is 0 Å². The molecule has 20 heavy (non-hydrogen) atoms. The molecule has 104 valence electrons. The number of rotatable bonds is 5. The molecule has 2 aromatic rings. The first-order valence-corrected chi connectivity index (χ1v) is 6.85. The van der Waals surface area contributed by atoms with Crippen LogP contribution in [0.4, 0.5) is 5.82 Å². The van der Waals surface area contributed by atoms with E-state index in [1.165, 1.54) is 0 Å². The second-order valence-electron chi connectivity index (χ2n) is 4.86. The van der Waals surface area contributed by atoms with Crippen LogP contribution in [0.3, 0.4) is 0 Å². The Morgan fingerprint density at radius 2 is 2.30 bits per heavy atom. The zero-order chi connectivity index (χ0) is 14.1. The van der Waals surface area contributed by atoms with Gasteiger partial charge in [-0.05, 0) is 31.9 Å². The molecule has 1 saturated carbocycles. The molecular weight excluding hydrogens is 278 g/mol. The average molecular weight is 292 g/mol. The molecule has 1 aliphatic rings. The average Bonchev–Trinajstić information content (AvgIpc) is 3.12. The highest BCUT2D eigenvalue weighted by atomic mass is 35.5. The fraction of sp³-hybridized carbons (Fsp3) is 0.357. The van der Waals surface area contributed by atoms with E-state index < -0.39 is 0 Å². The van der Waals surface area contributed by atoms with E-state index in [1.54, 1.807) is 13.2 Å². The summed E-state index contributed by atoms with van der Waals surface area (Å²) in [6.07, 6.45) is 4.52. The van der Waals surface area contributed by atoms with Crippen LogP contribution in [0.25, 0.3) is 0 Å². The van der Waals surface area contributed by atoms with Crippen LogP contribution in [0.1, 0.15) is 34.8 Å². The van der Waals surface area contributed by atoms with Crippen molar-refractivity contribution < 1.29 is 9.21 Å². The van der Waals surface area contributed by atoms with Gasteiger partial charge < -0.3 is 9.32 Å². The number of aldehydes is 1. The van der Waals surface area contributed by atoms with Crippen LogP contribution in [-0.2, 0) is 6.54 Å². The third kappa shape index (κ3) is 2.54. The molecule has 1 aliphatic carbocycles. The smallest absolute Gasteiger partial charge is 0.156 e. The number of halogens is 1. The summed E-state index contributed by atoms with van der Waals surface area (Å²) in [5.74, 6) is 1.98. The number of aromatic nitrogens is 2. The molecule has 0 saturated heterocycles. The van der Waals surface area contributed by atoms with E-state index in [0.29, 0.717) is 36.1 Å². The van der Waals surface area contributed by atoms with Crippen molar-refractivity contribution in [2.75, 3.05) is 4.90 Å². The SMILES string of the molecule is Cc1nc(Cl)c(C=O)c(N(Cc2ccco2)C2CC2)n1. The van der Waals surface area contributed by atoms with Crippen molar-refractivity contribution in [1.29, 1.82) is 0 Å². The summed E-state index contributed by atoms with van der Waals surface area (Å²) in [6.45, 7) is 2.34. The first-order valence-electron chi connectivity index (χ1n) is 6.47. The maximum atomic E-state index is 11.3. The van der Waals surface area contributed by atoms with Crippen molar-refractivity contribution in [3.63, 3.8) is 0 Å². The first kappa shape index (κ1) is 13.1. The summed E-state index contributed by atoms with van der Waals surface area (Å²) in [5, 5.41) is 0.201. The van der Waals surface area contributed by atoms with E-state index in [9.17, 15) is 4.79 Å². The molecule has 0 N–H and O–H groups in total. The Balaban J connectivity index is 2.01. The van der Waals surface area contributed by atoms with Crippen LogP contribution >= 0.6 is 11.6 Å². The maximum Gasteiger partial charge on any atom is 0.156 e. The lowest BCUT2D eigenvalue weighted by Gasteiger charge is -2.24. The standard InChI is InChI=1S/C14H14ClN3O2/c1-9-16-13(15)12(8-19)14(17-9)18(10-4-5-10)7-11-3-2-6-20-11/h2-3,6,8,10H,4-5,7H2,1H3. The zero-order valence-electron chi connectivity index (χ0n) is 11.0. The molecule has 0 bridgehead atoms. The second-order valence-corrected chi connectivity index (χ2v) is 5.21. The summed E-state index contributed by atoms with van der Waals surface area (Å²) in [6, 6.07) is 4.13. The third-order valence-corrected chi connectivity index (χ3v) is 3.56. The Bertz CT molecular complexity index is 624. The normalized spacial score (nSPS) is 14.3. The lowest BCUT2D eigenvalue weighted by molar-refractivity contribution is 0.112. The highest BCUT2D eigenvalue weighted by Crippen LogP contribution is 2.35. The van der Waals surface area contributed by atoms with Crippen molar-refractivity contribution in [3.05, 3.63) is 40.7 Å². The number of furan rings is 1. The largest absolute Gasteiger partial charge is 0.467 e. The van der Waals surface area contributed by atoms with Gasteiger partial charge in [0.1, 0.15) is 22.6 Å². The molecule has 6 heteroatoms. The van der Waals surface area contributed by atoms with Gasteiger partial charge in [-0.25, -0.2) is 9.97 Å². The number of nitrogens with zero attached hydrogens (tertiary/aromatic N) is 3. The molecule has 0 aromatic carbocycles. The zero-order valence-corrected chi connectivity index (χ0v) is 11.8. The molecule has 0 amide bonds. The van der Waals surface area contributed by atoms with E-state index in [4.69, 9.17) is 16.0 Å². The lowest BCUT2D eigenvalue weighted by Crippen LogP contribution is -2.27. The van der Waals surface area contributed by atoms with Gasteiger partial charge in [-0.2, -0.15) is 0 Å². The van der Waals surface area contributed by atoms with Gasteiger partial charge in [-0.3, -0.25) is 4.79 Å². The molecule has 0 unspecified atom stereocenters. The van der Waals surface area contributed by atoms with E-state index in [1.807, 2.05) is 12.1 Å². The molecule has 5 nitrogen and oxygen atoms in total. The van der Waals surface area contributed by atoms with E-state index >= 15 is 0 Å². The number of anilines is 1. The summed E-state index contributed by atoms with van der Waals surface area (Å²) in [5.41, 5.74) is 0.343.